The molecular formula is C11H13Cl2N3O2S. The summed E-state index contributed by atoms with van der Waals surface area (Å²) in [6.45, 7) is 0. The second-order valence-corrected chi connectivity index (χ2v) is 4.83. The maximum Gasteiger partial charge on any atom is 0.180 e. The Kier molecular flexibility index (Phi) is 6.27. The fraction of sp³-hybridized carbons (Fsp3) is 0.273. The lowest BCUT2D eigenvalue weighted by Crippen LogP contribution is -2.04. The van der Waals surface area contributed by atoms with Gasteiger partial charge in [-0.2, -0.15) is 5.10 Å². The summed E-state index contributed by atoms with van der Waals surface area (Å²) in [5.74, 6) is 0.758. The van der Waals surface area contributed by atoms with E-state index >= 15 is 0 Å². The summed E-state index contributed by atoms with van der Waals surface area (Å²) in [6.07, 6.45) is 3.26. The van der Waals surface area contributed by atoms with Gasteiger partial charge in [-0.25, -0.2) is 0 Å². The Morgan fingerprint density at radius 1 is 1.32 bits per heavy atom. The fourth-order valence-corrected chi connectivity index (χ4v) is 2.11. The molecule has 19 heavy (non-hydrogen) atoms. The summed E-state index contributed by atoms with van der Waals surface area (Å²) in [5.41, 5.74) is 6.09. The summed E-state index contributed by atoms with van der Waals surface area (Å²) >= 11 is 13.5. The fourth-order valence-electron chi connectivity index (χ4n) is 1.28. The van der Waals surface area contributed by atoms with Crippen molar-refractivity contribution in [2.75, 3.05) is 20.5 Å². The molecule has 104 valence electrons. The molecule has 0 aliphatic carbocycles. The third kappa shape index (κ3) is 3.92. The number of amidine groups is 1. The predicted molar refractivity (Wildman–Crippen MR) is 82.3 cm³/mol. The molecule has 0 amide bonds. The van der Waals surface area contributed by atoms with Crippen molar-refractivity contribution < 1.29 is 9.47 Å². The van der Waals surface area contributed by atoms with E-state index < -0.39 is 0 Å². The van der Waals surface area contributed by atoms with E-state index in [-0.39, 0.29) is 5.02 Å². The van der Waals surface area contributed by atoms with Crippen molar-refractivity contribution >= 4 is 46.3 Å². The number of benzene rings is 1. The highest BCUT2D eigenvalue weighted by atomic mass is 35.5. The molecule has 8 heteroatoms. The van der Waals surface area contributed by atoms with E-state index in [1.807, 2.05) is 0 Å². The second-order valence-electron chi connectivity index (χ2n) is 3.22. The minimum atomic E-state index is 0.278. The smallest absolute Gasteiger partial charge is 0.180 e. The lowest BCUT2D eigenvalue weighted by molar-refractivity contribution is 0.394. The summed E-state index contributed by atoms with van der Waals surface area (Å²) in [7, 11) is 2.97. The number of rotatable bonds is 4. The van der Waals surface area contributed by atoms with Crippen molar-refractivity contribution in [2.45, 2.75) is 0 Å². The van der Waals surface area contributed by atoms with Crippen LogP contribution in [-0.2, 0) is 0 Å². The second kappa shape index (κ2) is 7.47. The summed E-state index contributed by atoms with van der Waals surface area (Å²) < 4.78 is 10.3. The SMILES string of the molecule is COc1c(Cl)cc(/C=N\N=C(/N)SC)c(OC)c1Cl. The number of hydrogen-bond donors (Lipinski definition) is 1. The molecule has 0 radical (unpaired) electrons. The van der Waals surface area contributed by atoms with Crippen LogP contribution in [0.15, 0.2) is 16.3 Å². The molecule has 1 aromatic rings. The van der Waals surface area contributed by atoms with Crippen molar-refractivity contribution in [1.82, 2.24) is 0 Å². The molecule has 0 heterocycles. The molecule has 0 aromatic heterocycles. The van der Waals surface area contributed by atoms with Crippen LogP contribution in [0.4, 0.5) is 0 Å². The van der Waals surface area contributed by atoms with Gasteiger partial charge in [0.2, 0.25) is 0 Å². The van der Waals surface area contributed by atoms with Gasteiger partial charge in [-0.3, -0.25) is 0 Å². The van der Waals surface area contributed by atoms with Gasteiger partial charge in [0.1, 0.15) is 10.8 Å². The standard InChI is InChI=1S/C11H13Cl2N3O2S/c1-17-9-6(5-15-16-11(14)19-3)4-7(12)10(18-2)8(9)13/h4-5H,1-3H3,(H2,14,16)/b15-5-. The zero-order chi connectivity index (χ0) is 14.4. The molecule has 0 spiro atoms. The van der Waals surface area contributed by atoms with E-state index in [4.69, 9.17) is 38.4 Å². The first-order chi connectivity index (χ1) is 9.04. The zero-order valence-electron chi connectivity index (χ0n) is 10.6. The van der Waals surface area contributed by atoms with Gasteiger partial charge in [-0.15, -0.1) is 5.10 Å². The van der Waals surface area contributed by atoms with Crippen LogP contribution in [0.1, 0.15) is 5.56 Å². The first kappa shape index (κ1) is 15.9. The monoisotopic (exact) mass is 321 g/mol. The largest absolute Gasteiger partial charge is 0.494 e. The lowest BCUT2D eigenvalue weighted by Gasteiger charge is -2.12. The van der Waals surface area contributed by atoms with Crippen molar-refractivity contribution in [3.8, 4) is 11.5 Å². The molecule has 0 bridgehead atoms. The lowest BCUT2D eigenvalue weighted by atomic mass is 10.2. The predicted octanol–water partition coefficient (Wildman–Crippen LogP) is 3.02. The molecule has 1 aromatic carbocycles. The Hall–Kier alpha value is -1.11. The minimum absolute atomic E-state index is 0.278. The van der Waals surface area contributed by atoms with Crippen molar-refractivity contribution in [1.29, 1.82) is 0 Å². The van der Waals surface area contributed by atoms with Crippen LogP contribution in [-0.4, -0.2) is 31.9 Å². The highest BCUT2D eigenvalue weighted by Crippen LogP contribution is 2.41. The van der Waals surface area contributed by atoms with Gasteiger partial charge in [-0.1, -0.05) is 35.0 Å². The van der Waals surface area contributed by atoms with E-state index in [9.17, 15) is 0 Å². The highest BCUT2D eigenvalue weighted by molar-refractivity contribution is 8.13. The molecule has 0 aliphatic rings. The molecule has 0 saturated carbocycles. The minimum Gasteiger partial charge on any atom is -0.494 e. The van der Waals surface area contributed by atoms with Crippen molar-refractivity contribution in [3.63, 3.8) is 0 Å². The van der Waals surface area contributed by atoms with Crippen LogP contribution in [0.2, 0.25) is 10.0 Å². The Balaban J connectivity index is 3.21. The van der Waals surface area contributed by atoms with Gasteiger partial charge in [0.15, 0.2) is 10.9 Å². The summed E-state index contributed by atoms with van der Waals surface area (Å²) in [4.78, 5) is 0. The normalized spacial score (nSPS) is 11.9. The molecule has 0 unspecified atom stereocenters. The van der Waals surface area contributed by atoms with E-state index in [0.29, 0.717) is 27.3 Å². The Morgan fingerprint density at radius 2 is 1.95 bits per heavy atom. The number of ether oxygens (including phenoxy) is 2. The maximum atomic E-state index is 6.13. The molecule has 0 atom stereocenters. The topological polar surface area (TPSA) is 69.2 Å². The number of halogens is 2. The summed E-state index contributed by atoms with van der Waals surface area (Å²) in [5, 5.41) is 8.59. The number of hydrogen-bond acceptors (Lipinski definition) is 5. The molecule has 1 rings (SSSR count). The van der Waals surface area contributed by atoms with Crippen LogP contribution < -0.4 is 15.2 Å². The van der Waals surface area contributed by atoms with E-state index in [2.05, 4.69) is 10.2 Å². The molecule has 0 saturated heterocycles. The zero-order valence-corrected chi connectivity index (χ0v) is 12.9. The van der Waals surface area contributed by atoms with Crippen LogP contribution in [0.3, 0.4) is 0 Å². The number of thioether (sulfide) groups is 1. The molecule has 0 aliphatic heterocycles. The van der Waals surface area contributed by atoms with Crippen LogP contribution >= 0.6 is 35.0 Å². The van der Waals surface area contributed by atoms with Gasteiger partial charge in [0.05, 0.1) is 25.5 Å². The number of methoxy groups -OCH3 is 2. The van der Waals surface area contributed by atoms with Crippen molar-refractivity contribution in [3.05, 3.63) is 21.7 Å². The maximum absolute atomic E-state index is 6.13. The average molecular weight is 322 g/mol. The molecule has 0 fully saturated rings. The van der Waals surface area contributed by atoms with Gasteiger partial charge in [0, 0.05) is 5.56 Å². The van der Waals surface area contributed by atoms with E-state index in [1.54, 1.807) is 12.3 Å². The van der Waals surface area contributed by atoms with Gasteiger partial charge >= 0.3 is 0 Å². The van der Waals surface area contributed by atoms with Crippen LogP contribution in [0.25, 0.3) is 0 Å². The quantitative estimate of drug-likeness (QED) is 0.525. The average Bonchev–Trinajstić information content (AvgIpc) is 2.39. The van der Waals surface area contributed by atoms with Gasteiger partial charge < -0.3 is 15.2 Å². The molecule has 2 N–H and O–H groups in total. The third-order valence-electron chi connectivity index (χ3n) is 2.13. The van der Waals surface area contributed by atoms with Crippen molar-refractivity contribution in [2.24, 2.45) is 15.9 Å². The Labute approximate surface area is 125 Å². The van der Waals surface area contributed by atoms with Crippen LogP contribution in [0.5, 0.6) is 11.5 Å². The molecule has 5 nitrogen and oxygen atoms in total. The van der Waals surface area contributed by atoms with Crippen LogP contribution in [0, 0.1) is 0 Å². The van der Waals surface area contributed by atoms with Gasteiger partial charge in [-0.05, 0) is 12.3 Å². The van der Waals surface area contributed by atoms with E-state index in [1.165, 1.54) is 32.2 Å². The first-order valence-corrected chi connectivity index (χ1v) is 7.03. The van der Waals surface area contributed by atoms with Gasteiger partial charge in [0.25, 0.3) is 0 Å². The Morgan fingerprint density at radius 3 is 2.47 bits per heavy atom. The number of nitrogens with zero attached hydrogens (tertiary/aromatic N) is 2. The number of nitrogens with two attached hydrogens (primary N) is 1. The molecular weight excluding hydrogens is 309 g/mol. The highest BCUT2D eigenvalue weighted by Gasteiger charge is 2.16. The summed E-state index contributed by atoms with van der Waals surface area (Å²) in [6, 6.07) is 1.62. The Bertz CT molecular complexity index is 521. The van der Waals surface area contributed by atoms with E-state index in [0.717, 1.165) is 0 Å². The third-order valence-corrected chi connectivity index (χ3v) is 3.25. The first-order valence-electron chi connectivity index (χ1n) is 5.05.